The number of benzene rings is 2. The summed E-state index contributed by atoms with van der Waals surface area (Å²) in [5.74, 6) is 0.357. The molecule has 0 amide bonds. The molecule has 2 heterocycles. The fourth-order valence-corrected chi connectivity index (χ4v) is 4.09. The molecular formula is C23H24N2O5. The van der Waals surface area contributed by atoms with Crippen molar-refractivity contribution in [2.75, 3.05) is 32.4 Å². The summed E-state index contributed by atoms with van der Waals surface area (Å²) in [4.78, 5) is 26.7. The third kappa shape index (κ3) is 2.98. The summed E-state index contributed by atoms with van der Waals surface area (Å²) in [6.45, 7) is 4.57. The van der Waals surface area contributed by atoms with E-state index >= 15 is 0 Å². The standard InChI is InChI=1S/C23H24N2O5/c1-5-30-23(27)20-16-11-18(28-3)19(29-4)12-17(16)22(26)25-21(20)14(2)13-24(25)15-9-7-6-8-10-15/h6-12,14H,5,13H2,1-4H3. The molecule has 0 N–H and O–H groups in total. The molecule has 1 atom stereocenters. The molecule has 0 aliphatic carbocycles. The smallest absolute Gasteiger partial charge is 0.340 e. The predicted octanol–water partition coefficient (Wildman–Crippen LogP) is 3.58. The average Bonchev–Trinajstić information content (AvgIpc) is 3.11. The van der Waals surface area contributed by atoms with Crippen LogP contribution in [0.2, 0.25) is 0 Å². The molecule has 1 unspecified atom stereocenters. The molecular weight excluding hydrogens is 384 g/mol. The number of carbonyl (C=O) groups is 1. The van der Waals surface area contributed by atoms with E-state index in [0.717, 1.165) is 5.69 Å². The van der Waals surface area contributed by atoms with Gasteiger partial charge in [0.05, 0.1) is 43.2 Å². The Hall–Kier alpha value is -3.48. The van der Waals surface area contributed by atoms with Crippen molar-refractivity contribution in [3.05, 3.63) is 64.1 Å². The van der Waals surface area contributed by atoms with Crippen LogP contribution in [0.3, 0.4) is 0 Å². The van der Waals surface area contributed by atoms with Gasteiger partial charge in [0.25, 0.3) is 5.56 Å². The maximum absolute atomic E-state index is 13.6. The van der Waals surface area contributed by atoms with Gasteiger partial charge in [-0.1, -0.05) is 25.1 Å². The van der Waals surface area contributed by atoms with E-state index in [1.54, 1.807) is 23.7 Å². The summed E-state index contributed by atoms with van der Waals surface area (Å²) >= 11 is 0. The van der Waals surface area contributed by atoms with Crippen molar-refractivity contribution in [3.63, 3.8) is 0 Å². The van der Waals surface area contributed by atoms with E-state index < -0.39 is 5.97 Å². The van der Waals surface area contributed by atoms with Crippen LogP contribution in [0, 0.1) is 0 Å². The highest BCUT2D eigenvalue weighted by Crippen LogP contribution is 2.38. The van der Waals surface area contributed by atoms with Crippen LogP contribution in [-0.4, -0.2) is 38.0 Å². The minimum Gasteiger partial charge on any atom is -0.493 e. The van der Waals surface area contributed by atoms with Gasteiger partial charge in [0.2, 0.25) is 0 Å². The number of nitrogens with zero attached hydrogens (tertiary/aromatic N) is 2. The van der Waals surface area contributed by atoms with E-state index in [-0.39, 0.29) is 18.1 Å². The quantitative estimate of drug-likeness (QED) is 0.601. The molecule has 1 aliphatic rings. The summed E-state index contributed by atoms with van der Waals surface area (Å²) in [7, 11) is 3.03. The predicted molar refractivity (Wildman–Crippen MR) is 115 cm³/mol. The van der Waals surface area contributed by atoms with Crippen LogP contribution < -0.4 is 20.0 Å². The van der Waals surface area contributed by atoms with Gasteiger partial charge in [-0.3, -0.25) is 9.80 Å². The molecule has 0 radical (unpaired) electrons. The number of methoxy groups -OCH3 is 2. The van der Waals surface area contributed by atoms with Gasteiger partial charge in [0.15, 0.2) is 11.5 Å². The number of para-hydroxylation sites is 1. The maximum atomic E-state index is 13.6. The zero-order chi connectivity index (χ0) is 21.4. The van der Waals surface area contributed by atoms with Gasteiger partial charge in [-0.15, -0.1) is 0 Å². The molecule has 156 valence electrons. The van der Waals surface area contributed by atoms with Crippen LogP contribution in [0.5, 0.6) is 11.5 Å². The topological polar surface area (TPSA) is 70.0 Å². The van der Waals surface area contributed by atoms with Crippen LogP contribution in [0.1, 0.15) is 35.8 Å². The molecule has 7 heteroatoms. The maximum Gasteiger partial charge on any atom is 0.340 e. The zero-order valence-electron chi connectivity index (χ0n) is 17.5. The Kier molecular flexibility index (Phi) is 5.11. The minimum atomic E-state index is -0.458. The second kappa shape index (κ2) is 7.74. The van der Waals surface area contributed by atoms with Crippen molar-refractivity contribution in [2.45, 2.75) is 19.8 Å². The van der Waals surface area contributed by atoms with Crippen molar-refractivity contribution in [1.29, 1.82) is 0 Å². The monoisotopic (exact) mass is 408 g/mol. The van der Waals surface area contributed by atoms with Crippen molar-refractivity contribution in [2.24, 2.45) is 0 Å². The zero-order valence-corrected chi connectivity index (χ0v) is 17.5. The molecule has 4 rings (SSSR count). The first-order valence-corrected chi connectivity index (χ1v) is 9.86. The first kappa shape index (κ1) is 19.8. The van der Waals surface area contributed by atoms with Crippen LogP contribution in [-0.2, 0) is 4.74 Å². The normalized spacial score (nSPS) is 15.2. The highest BCUT2D eigenvalue weighted by Gasteiger charge is 2.35. The van der Waals surface area contributed by atoms with Crippen LogP contribution in [0.4, 0.5) is 5.69 Å². The second-order valence-electron chi connectivity index (χ2n) is 7.17. The Morgan fingerprint density at radius 1 is 1.07 bits per heavy atom. The van der Waals surface area contributed by atoms with E-state index in [4.69, 9.17) is 14.2 Å². The van der Waals surface area contributed by atoms with Crippen molar-refractivity contribution in [3.8, 4) is 11.5 Å². The van der Waals surface area contributed by atoms with Gasteiger partial charge < -0.3 is 14.2 Å². The summed E-state index contributed by atoms with van der Waals surface area (Å²) in [5.41, 5.74) is 1.68. The number of rotatable bonds is 5. The minimum absolute atomic E-state index is 0.0604. The van der Waals surface area contributed by atoms with Gasteiger partial charge in [-0.25, -0.2) is 9.47 Å². The number of carbonyl (C=O) groups excluding carboxylic acids is 1. The highest BCUT2D eigenvalue weighted by atomic mass is 16.5. The van der Waals surface area contributed by atoms with Crippen molar-refractivity contribution in [1.82, 2.24) is 4.68 Å². The molecule has 3 aromatic rings. The average molecular weight is 408 g/mol. The van der Waals surface area contributed by atoms with Gasteiger partial charge in [0.1, 0.15) is 0 Å². The summed E-state index contributed by atoms with van der Waals surface area (Å²) < 4.78 is 17.8. The molecule has 1 aromatic heterocycles. The van der Waals surface area contributed by atoms with Gasteiger partial charge >= 0.3 is 5.97 Å². The first-order valence-electron chi connectivity index (χ1n) is 9.86. The lowest BCUT2D eigenvalue weighted by molar-refractivity contribution is 0.0526. The molecule has 0 bridgehead atoms. The number of ether oxygens (including phenoxy) is 3. The Labute approximate surface area is 174 Å². The molecule has 30 heavy (non-hydrogen) atoms. The Balaban J connectivity index is 2.11. The Bertz CT molecular complexity index is 1170. The third-order valence-corrected chi connectivity index (χ3v) is 5.39. The van der Waals surface area contributed by atoms with E-state index in [2.05, 4.69) is 0 Å². The van der Waals surface area contributed by atoms with Crippen LogP contribution in [0.25, 0.3) is 10.8 Å². The number of pyridine rings is 1. The third-order valence-electron chi connectivity index (χ3n) is 5.39. The van der Waals surface area contributed by atoms with Crippen molar-refractivity contribution < 1.29 is 19.0 Å². The van der Waals surface area contributed by atoms with Crippen molar-refractivity contribution >= 4 is 22.4 Å². The summed E-state index contributed by atoms with van der Waals surface area (Å²) in [6.07, 6.45) is 0. The second-order valence-corrected chi connectivity index (χ2v) is 7.17. The number of esters is 1. The lowest BCUT2D eigenvalue weighted by Gasteiger charge is -2.23. The number of fused-ring (bicyclic) bond motifs is 2. The SMILES string of the molecule is CCOC(=O)c1c2n(c(=O)c3cc(OC)c(OC)cc13)N(c1ccccc1)CC2C. The van der Waals surface area contributed by atoms with Crippen LogP contribution in [0.15, 0.2) is 47.3 Å². The summed E-state index contributed by atoms with van der Waals surface area (Å²) in [5, 5.41) is 2.78. The van der Waals surface area contributed by atoms with E-state index in [9.17, 15) is 9.59 Å². The van der Waals surface area contributed by atoms with E-state index in [0.29, 0.717) is 40.1 Å². The number of aromatic nitrogens is 1. The largest absolute Gasteiger partial charge is 0.493 e. The van der Waals surface area contributed by atoms with E-state index in [1.165, 1.54) is 14.2 Å². The highest BCUT2D eigenvalue weighted by molar-refractivity contribution is 6.06. The number of hydrogen-bond donors (Lipinski definition) is 0. The lowest BCUT2D eigenvalue weighted by atomic mass is 9.97. The van der Waals surface area contributed by atoms with Gasteiger partial charge in [-0.05, 0) is 31.2 Å². The molecule has 1 aliphatic heterocycles. The molecule has 7 nitrogen and oxygen atoms in total. The fourth-order valence-electron chi connectivity index (χ4n) is 4.09. The van der Waals surface area contributed by atoms with E-state index in [1.807, 2.05) is 42.3 Å². The summed E-state index contributed by atoms with van der Waals surface area (Å²) in [6, 6.07) is 13.0. The Morgan fingerprint density at radius 3 is 2.30 bits per heavy atom. The molecule has 0 saturated heterocycles. The Morgan fingerprint density at radius 2 is 1.70 bits per heavy atom. The van der Waals surface area contributed by atoms with Crippen LogP contribution >= 0.6 is 0 Å². The fraction of sp³-hybridized carbons (Fsp3) is 0.304. The lowest BCUT2D eigenvalue weighted by Crippen LogP contribution is -2.36. The molecule has 2 aromatic carbocycles. The molecule has 0 spiro atoms. The number of anilines is 1. The first-order chi connectivity index (χ1) is 14.5. The van der Waals surface area contributed by atoms with Gasteiger partial charge in [0, 0.05) is 17.8 Å². The number of hydrogen-bond acceptors (Lipinski definition) is 6. The molecule has 0 saturated carbocycles. The van der Waals surface area contributed by atoms with Gasteiger partial charge in [-0.2, -0.15) is 0 Å². The molecule has 0 fully saturated rings.